The van der Waals surface area contributed by atoms with Gasteiger partial charge in [0.15, 0.2) is 0 Å². The Morgan fingerprint density at radius 2 is 2.21 bits per heavy atom. The van der Waals surface area contributed by atoms with Gasteiger partial charge in [-0.3, -0.25) is 4.79 Å². The van der Waals surface area contributed by atoms with Gasteiger partial charge in [0.2, 0.25) is 5.91 Å². The lowest BCUT2D eigenvalue weighted by molar-refractivity contribution is -0.133. The third-order valence-corrected chi connectivity index (χ3v) is 3.18. The van der Waals surface area contributed by atoms with Crippen molar-refractivity contribution in [3.05, 3.63) is 35.4 Å². The highest BCUT2D eigenvalue weighted by Crippen LogP contribution is 2.13. The molecular formula is C13H17ClF2N2O. The molecule has 1 atom stereocenters. The third-order valence-electron chi connectivity index (χ3n) is 3.18. The van der Waals surface area contributed by atoms with Gasteiger partial charge in [-0.15, -0.1) is 12.4 Å². The summed E-state index contributed by atoms with van der Waals surface area (Å²) in [5.74, 6) is -1.40. The molecule has 0 aromatic heterocycles. The van der Waals surface area contributed by atoms with Crippen molar-refractivity contribution in [3.63, 3.8) is 0 Å². The molecule has 106 valence electrons. The van der Waals surface area contributed by atoms with E-state index in [1.165, 1.54) is 12.1 Å². The van der Waals surface area contributed by atoms with E-state index in [0.717, 1.165) is 19.2 Å². The van der Waals surface area contributed by atoms with Gasteiger partial charge in [0.25, 0.3) is 0 Å². The fourth-order valence-electron chi connectivity index (χ4n) is 2.14. The van der Waals surface area contributed by atoms with Crippen LogP contribution < -0.4 is 5.32 Å². The van der Waals surface area contributed by atoms with Crippen LogP contribution in [0.3, 0.4) is 0 Å². The van der Waals surface area contributed by atoms with Crippen LogP contribution in [-0.4, -0.2) is 36.5 Å². The molecule has 6 heteroatoms. The average Bonchev–Trinajstić information content (AvgIpc) is 2.33. The summed E-state index contributed by atoms with van der Waals surface area (Å²) < 4.78 is 26.2. The molecule has 1 aliphatic heterocycles. The summed E-state index contributed by atoms with van der Waals surface area (Å²) in [5.41, 5.74) is 0.243. The number of benzene rings is 1. The maximum absolute atomic E-state index is 13.5. The Balaban J connectivity index is 0.00000180. The van der Waals surface area contributed by atoms with Crippen LogP contribution in [0.1, 0.15) is 12.5 Å². The zero-order valence-corrected chi connectivity index (χ0v) is 11.5. The number of nitrogens with zero attached hydrogens (tertiary/aromatic N) is 1. The molecule has 1 saturated heterocycles. The van der Waals surface area contributed by atoms with E-state index in [0.29, 0.717) is 6.54 Å². The lowest BCUT2D eigenvalue weighted by Gasteiger charge is -2.34. The van der Waals surface area contributed by atoms with Crippen molar-refractivity contribution in [2.24, 2.45) is 0 Å². The molecule has 0 saturated carbocycles. The molecule has 1 aromatic carbocycles. The number of hydrogen-bond acceptors (Lipinski definition) is 2. The quantitative estimate of drug-likeness (QED) is 0.900. The SMILES string of the molecule is C[C@@H]1CNCCN1C(=O)Cc1ccc(F)cc1F.Cl. The summed E-state index contributed by atoms with van der Waals surface area (Å²) >= 11 is 0. The first kappa shape index (κ1) is 15.9. The Morgan fingerprint density at radius 1 is 1.47 bits per heavy atom. The molecule has 0 aliphatic carbocycles. The van der Waals surface area contributed by atoms with Gasteiger partial charge in [0.1, 0.15) is 11.6 Å². The minimum Gasteiger partial charge on any atom is -0.337 e. The Bertz CT molecular complexity index is 456. The highest BCUT2D eigenvalue weighted by molar-refractivity contribution is 5.85. The molecule has 0 unspecified atom stereocenters. The van der Waals surface area contributed by atoms with Crippen molar-refractivity contribution in [3.8, 4) is 0 Å². The van der Waals surface area contributed by atoms with E-state index in [9.17, 15) is 13.6 Å². The summed E-state index contributed by atoms with van der Waals surface area (Å²) in [6.07, 6.45) is -0.0174. The molecule has 0 spiro atoms. The van der Waals surface area contributed by atoms with E-state index in [4.69, 9.17) is 0 Å². The third kappa shape index (κ3) is 3.88. The molecule has 19 heavy (non-hydrogen) atoms. The van der Waals surface area contributed by atoms with Crippen molar-refractivity contribution in [2.75, 3.05) is 19.6 Å². The number of carbonyl (C=O) groups excluding carboxylic acids is 1. The molecule has 1 amide bonds. The van der Waals surface area contributed by atoms with Gasteiger partial charge >= 0.3 is 0 Å². The topological polar surface area (TPSA) is 32.3 Å². The fourth-order valence-corrected chi connectivity index (χ4v) is 2.14. The van der Waals surface area contributed by atoms with Crippen molar-refractivity contribution in [1.29, 1.82) is 0 Å². The summed E-state index contributed by atoms with van der Waals surface area (Å²) in [7, 11) is 0. The first-order valence-corrected chi connectivity index (χ1v) is 6.02. The van der Waals surface area contributed by atoms with Crippen LogP contribution in [0.4, 0.5) is 8.78 Å². The van der Waals surface area contributed by atoms with Crippen LogP contribution in [0.5, 0.6) is 0 Å². The second-order valence-corrected chi connectivity index (χ2v) is 4.55. The molecule has 0 radical (unpaired) electrons. The average molecular weight is 291 g/mol. The summed E-state index contributed by atoms with van der Waals surface area (Å²) in [4.78, 5) is 13.8. The first-order chi connectivity index (χ1) is 8.58. The predicted octanol–water partition coefficient (Wildman–Crippen LogP) is 1.75. The Hall–Kier alpha value is -1.20. The number of amides is 1. The number of piperazine rings is 1. The van der Waals surface area contributed by atoms with Gasteiger partial charge in [-0.25, -0.2) is 8.78 Å². The van der Waals surface area contributed by atoms with Gasteiger partial charge < -0.3 is 10.2 Å². The normalized spacial score (nSPS) is 18.9. The maximum atomic E-state index is 13.5. The number of rotatable bonds is 2. The lowest BCUT2D eigenvalue weighted by Crippen LogP contribution is -2.52. The minimum absolute atomic E-state index is 0. The van der Waals surface area contributed by atoms with Crippen LogP contribution in [0.2, 0.25) is 0 Å². The van der Waals surface area contributed by atoms with Gasteiger partial charge in [0.05, 0.1) is 6.42 Å². The lowest BCUT2D eigenvalue weighted by atomic mass is 10.1. The maximum Gasteiger partial charge on any atom is 0.227 e. The number of halogens is 3. The number of carbonyl (C=O) groups is 1. The van der Waals surface area contributed by atoms with E-state index in [1.54, 1.807) is 4.90 Å². The number of nitrogens with one attached hydrogen (secondary N) is 1. The highest BCUT2D eigenvalue weighted by Gasteiger charge is 2.23. The standard InChI is InChI=1S/C13H16F2N2O.ClH/c1-9-8-16-4-5-17(9)13(18)6-10-2-3-11(14)7-12(10)15;/h2-3,7,9,16H,4-6,8H2,1H3;1H/t9-;/m1./s1. The van der Waals surface area contributed by atoms with E-state index in [-0.39, 0.29) is 36.3 Å². The minimum atomic E-state index is -0.661. The highest BCUT2D eigenvalue weighted by atomic mass is 35.5. The Labute approximate surface area is 117 Å². The molecular weight excluding hydrogens is 274 g/mol. The molecule has 2 rings (SSSR count). The molecule has 1 heterocycles. The van der Waals surface area contributed by atoms with Gasteiger partial charge in [-0.2, -0.15) is 0 Å². The fraction of sp³-hybridized carbons (Fsp3) is 0.462. The predicted molar refractivity (Wildman–Crippen MR) is 71.4 cm³/mol. The van der Waals surface area contributed by atoms with Crippen LogP contribution in [-0.2, 0) is 11.2 Å². The first-order valence-electron chi connectivity index (χ1n) is 6.02. The van der Waals surface area contributed by atoms with Gasteiger partial charge in [-0.05, 0) is 18.6 Å². The Kier molecular flexibility index (Phi) is 5.69. The molecule has 3 nitrogen and oxygen atoms in total. The van der Waals surface area contributed by atoms with E-state index in [1.807, 2.05) is 6.92 Å². The van der Waals surface area contributed by atoms with Crippen molar-refractivity contribution >= 4 is 18.3 Å². The van der Waals surface area contributed by atoms with Gasteiger partial charge in [-0.1, -0.05) is 6.07 Å². The molecule has 0 bridgehead atoms. The van der Waals surface area contributed by atoms with Gasteiger partial charge in [0, 0.05) is 31.7 Å². The zero-order chi connectivity index (χ0) is 13.1. The largest absolute Gasteiger partial charge is 0.337 e. The summed E-state index contributed by atoms with van der Waals surface area (Å²) in [6, 6.07) is 3.42. The monoisotopic (exact) mass is 290 g/mol. The molecule has 1 N–H and O–H groups in total. The van der Waals surface area contributed by atoms with Crippen LogP contribution in [0.25, 0.3) is 0 Å². The van der Waals surface area contributed by atoms with E-state index < -0.39 is 11.6 Å². The molecule has 1 fully saturated rings. The summed E-state index contributed by atoms with van der Waals surface area (Å²) in [5, 5.41) is 3.18. The Morgan fingerprint density at radius 3 is 2.84 bits per heavy atom. The van der Waals surface area contributed by atoms with Crippen molar-refractivity contribution < 1.29 is 13.6 Å². The van der Waals surface area contributed by atoms with Crippen LogP contribution >= 0.6 is 12.4 Å². The number of hydrogen-bond donors (Lipinski definition) is 1. The van der Waals surface area contributed by atoms with Crippen LogP contribution in [0.15, 0.2) is 18.2 Å². The second kappa shape index (κ2) is 6.82. The molecule has 1 aliphatic rings. The van der Waals surface area contributed by atoms with Crippen molar-refractivity contribution in [1.82, 2.24) is 10.2 Å². The molecule has 1 aromatic rings. The van der Waals surface area contributed by atoms with Crippen molar-refractivity contribution in [2.45, 2.75) is 19.4 Å². The smallest absolute Gasteiger partial charge is 0.227 e. The zero-order valence-electron chi connectivity index (χ0n) is 10.7. The van der Waals surface area contributed by atoms with Crippen LogP contribution in [0, 0.1) is 11.6 Å². The van der Waals surface area contributed by atoms with E-state index in [2.05, 4.69) is 5.32 Å². The second-order valence-electron chi connectivity index (χ2n) is 4.55. The summed E-state index contributed by atoms with van der Waals surface area (Å²) in [6.45, 7) is 4.08. The van der Waals surface area contributed by atoms with E-state index >= 15 is 0 Å².